The van der Waals surface area contributed by atoms with Crippen LogP contribution >= 0.6 is 0 Å². The topological polar surface area (TPSA) is 156 Å². The third kappa shape index (κ3) is 17.0. The quantitative estimate of drug-likeness (QED) is 0.331. The van der Waals surface area contributed by atoms with Gasteiger partial charge in [-0.15, -0.1) is 0 Å². The van der Waals surface area contributed by atoms with E-state index in [1.165, 1.54) is 64.0 Å². The third-order valence-electron chi connectivity index (χ3n) is 4.63. The number of piperazine rings is 1. The molecule has 1 heterocycles. The number of rotatable bonds is 8. The van der Waals surface area contributed by atoms with Gasteiger partial charge in [-0.1, -0.05) is 68.7 Å². The second kappa shape index (κ2) is 18.3. The number of nitrogens with zero attached hydrogens (tertiary/aromatic N) is 2. The largest absolute Gasteiger partial charge is 0.473 e. The van der Waals surface area contributed by atoms with Crippen LogP contribution in [0.25, 0.3) is 6.08 Å². The van der Waals surface area contributed by atoms with Gasteiger partial charge >= 0.3 is 23.9 Å². The lowest BCUT2D eigenvalue weighted by atomic mass is 10.2. The Morgan fingerprint density at radius 1 is 0.758 bits per heavy atom. The third-order valence-corrected chi connectivity index (χ3v) is 4.63. The second-order valence-corrected chi connectivity index (χ2v) is 7.24. The summed E-state index contributed by atoms with van der Waals surface area (Å²) in [5.41, 5.74) is 1.30. The molecular weight excluding hydrogens is 432 g/mol. The minimum absolute atomic E-state index is 1.08. The van der Waals surface area contributed by atoms with Gasteiger partial charge in [0.1, 0.15) is 0 Å². The maximum Gasteiger partial charge on any atom is 0.414 e. The molecule has 1 aromatic carbocycles. The SMILES string of the molecule is CCCCCCN1CCN(CC=Cc2ccccc2)CC1.O=C(O)C(=O)O.O=C(O)C(=O)O. The molecule has 184 valence electrons. The summed E-state index contributed by atoms with van der Waals surface area (Å²) in [5.74, 6) is -7.30. The summed E-state index contributed by atoms with van der Waals surface area (Å²) in [6.07, 6.45) is 10.0. The van der Waals surface area contributed by atoms with Crippen LogP contribution in [0.2, 0.25) is 0 Å². The molecule has 10 heteroatoms. The molecule has 1 aliphatic heterocycles. The normalized spacial score (nSPS) is 13.8. The Morgan fingerprint density at radius 3 is 1.70 bits per heavy atom. The van der Waals surface area contributed by atoms with Crippen molar-refractivity contribution in [2.45, 2.75) is 32.6 Å². The van der Waals surface area contributed by atoms with Gasteiger partial charge in [-0.3, -0.25) is 4.90 Å². The smallest absolute Gasteiger partial charge is 0.414 e. The molecule has 0 amide bonds. The summed E-state index contributed by atoms with van der Waals surface area (Å²) in [6.45, 7) is 9.57. The molecule has 4 N–H and O–H groups in total. The highest BCUT2D eigenvalue weighted by Gasteiger charge is 2.14. The number of carboxylic acid groups (broad SMARTS) is 4. The fourth-order valence-corrected chi connectivity index (χ4v) is 2.86. The first-order chi connectivity index (χ1) is 15.7. The summed E-state index contributed by atoms with van der Waals surface area (Å²) >= 11 is 0. The molecule has 0 bridgehead atoms. The number of carbonyl (C=O) groups is 4. The number of hydrogen-bond donors (Lipinski definition) is 4. The standard InChI is InChI=1S/C19H30N2.2C2H2O4/c1-2-3-4-8-13-20-15-17-21(18-16-20)14-9-12-19-10-6-5-7-11-19;2*3-1(4)2(5)6/h5-7,9-12H,2-4,8,13-18H2,1H3;2*(H,3,4)(H,5,6). The highest BCUT2D eigenvalue weighted by Crippen LogP contribution is 2.07. The highest BCUT2D eigenvalue weighted by atomic mass is 16.4. The van der Waals surface area contributed by atoms with E-state index in [1.54, 1.807) is 0 Å². The van der Waals surface area contributed by atoms with Crippen LogP contribution < -0.4 is 0 Å². The average Bonchev–Trinajstić information content (AvgIpc) is 2.79. The summed E-state index contributed by atoms with van der Waals surface area (Å²) < 4.78 is 0. The number of unbranched alkanes of at least 4 members (excludes halogenated alkanes) is 3. The molecule has 1 saturated heterocycles. The lowest BCUT2D eigenvalue weighted by Crippen LogP contribution is -2.46. The number of aliphatic carboxylic acids is 4. The van der Waals surface area contributed by atoms with Gasteiger partial charge in [0.25, 0.3) is 0 Å². The molecule has 2 rings (SSSR count). The molecule has 1 fully saturated rings. The van der Waals surface area contributed by atoms with E-state index in [9.17, 15) is 0 Å². The van der Waals surface area contributed by atoms with Crippen molar-refractivity contribution in [2.24, 2.45) is 0 Å². The van der Waals surface area contributed by atoms with Crippen LogP contribution in [-0.4, -0.2) is 93.4 Å². The van der Waals surface area contributed by atoms with Crippen LogP contribution in [0.4, 0.5) is 0 Å². The van der Waals surface area contributed by atoms with Crippen molar-refractivity contribution in [3.63, 3.8) is 0 Å². The van der Waals surface area contributed by atoms with Crippen molar-refractivity contribution in [1.82, 2.24) is 9.80 Å². The first-order valence-corrected chi connectivity index (χ1v) is 10.8. The van der Waals surface area contributed by atoms with E-state index in [4.69, 9.17) is 39.6 Å². The monoisotopic (exact) mass is 466 g/mol. The summed E-state index contributed by atoms with van der Waals surface area (Å²) in [5, 5.41) is 29.6. The molecule has 0 unspecified atom stereocenters. The zero-order valence-corrected chi connectivity index (χ0v) is 18.9. The molecule has 0 atom stereocenters. The van der Waals surface area contributed by atoms with Crippen molar-refractivity contribution in [3.8, 4) is 0 Å². The van der Waals surface area contributed by atoms with Crippen LogP contribution in [0.3, 0.4) is 0 Å². The molecule has 33 heavy (non-hydrogen) atoms. The van der Waals surface area contributed by atoms with E-state index in [0.29, 0.717) is 0 Å². The summed E-state index contributed by atoms with van der Waals surface area (Å²) in [4.78, 5) is 41.6. The molecule has 10 nitrogen and oxygen atoms in total. The highest BCUT2D eigenvalue weighted by molar-refractivity contribution is 6.27. The summed E-state index contributed by atoms with van der Waals surface area (Å²) in [7, 11) is 0. The maximum absolute atomic E-state index is 9.10. The predicted octanol–water partition coefficient (Wildman–Crippen LogP) is 2.21. The lowest BCUT2D eigenvalue weighted by Gasteiger charge is -2.34. The minimum Gasteiger partial charge on any atom is -0.473 e. The van der Waals surface area contributed by atoms with Crippen molar-refractivity contribution >= 4 is 30.0 Å². The van der Waals surface area contributed by atoms with Crippen LogP contribution in [0, 0.1) is 0 Å². The van der Waals surface area contributed by atoms with Gasteiger partial charge in [0.2, 0.25) is 0 Å². The Kier molecular flexibility index (Phi) is 16.5. The Hall–Kier alpha value is -3.24. The van der Waals surface area contributed by atoms with Gasteiger partial charge < -0.3 is 25.3 Å². The van der Waals surface area contributed by atoms with E-state index in [2.05, 4.69) is 59.2 Å². The maximum atomic E-state index is 9.10. The van der Waals surface area contributed by atoms with Crippen molar-refractivity contribution in [1.29, 1.82) is 0 Å². The first kappa shape index (κ1) is 29.8. The van der Waals surface area contributed by atoms with Gasteiger partial charge in [0.05, 0.1) is 0 Å². The van der Waals surface area contributed by atoms with E-state index in [0.717, 1.165) is 6.54 Å². The van der Waals surface area contributed by atoms with E-state index >= 15 is 0 Å². The number of carboxylic acids is 4. The zero-order chi connectivity index (χ0) is 25.1. The molecule has 0 saturated carbocycles. The van der Waals surface area contributed by atoms with Gasteiger partial charge in [-0.2, -0.15) is 0 Å². The fraction of sp³-hybridized carbons (Fsp3) is 0.478. The molecular formula is C23H34N2O8. The van der Waals surface area contributed by atoms with Gasteiger partial charge in [0, 0.05) is 32.7 Å². The van der Waals surface area contributed by atoms with Crippen LogP contribution in [-0.2, 0) is 19.2 Å². The van der Waals surface area contributed by atoms with Gasteiger partial charge in [-0.05, 0) is 18.5 Å². The number of benzene rings is 1. The second-order valence-electron chi connectivity index (χ2n) is 7.24. The fourth-order valence-electron chi connectivity index (χ4n) is 2.86. The van der Waals surface area contributed by atoms with Crippen LogP contribution in [0.1, 0.15) is 38.2 Å². The van der Waals surface area contributed by atoms with Gasteiger partial charge in [0.15, 0.2) is 0 Å². The molecule has 0 aromatic heterocycles. The molecule has 0 aliphatic carbocycles. The van der Waals surface area contributed by atoms with Crippen LogP contribution in [0.5, 0.6) is 0 Å². The van der Waals surface area contributed by atoms with Crippen molar-refractivity contribution in [3.05, 3.63) is 42.0 Å². The molecule has 1 aliphatic rings. The first-order valence-electron chi connectivity index (χ1n) is 10.8. The molecule has 1 aromatic rings. The van der Waals surface area contributed by atoms with E-state index in [-0.39, 0.29) is 0 Å². The van der Waals surface area contributed by atoms with Crippen LogP contribution in [0.15, 0.2) is 36.4 Å². The average molecular weight is 467 g/mol. The Labute approximate surface area is 193 Å². The zero-order valence-electron chi connectivity index (χ0n) is 18.9. The van der Waals surface area contributed by atoms with Gasteiger partial charge in [-0.25, -0.2) is 19.2 Å². The molecule has 0 radical (unpaired) electrons. The lowest BCUT2D eigenvalue weighted by molar-refractivity contribution is -0.159. The predicted molar refractivity (Wildman–Crippen MR) is 123 cm³/mol. The van der Waals surface area contributed by atoms with E-state index in [1.807, 2.05) is 0 Å². The minimum atomic E-state index is -1.82. The molecule has 0 spiro atoms. The van der Waals surface area contributed by atoms with Crippen molar-refractivity contribution < 1.29 is 39.6 Å². The summed E-state index contributed by atoms with van der Waals surface area (Å²) in [6, 6.07) is 10.6. The Balaban J connectivity index is 0.000000705. The van der Waals surface area contributed by atoms with Crippen molar-refractivity contribution in [2.75, 3.05) is 39.3 Å². The van der Waals surface area contributed by atoms with E-state index < -0.39 is 23.9 Å². The Bertz CT molecular complexity index is 696. The Morgan fingerprint density at radius 2 is 1.24 bits per heavy atom. The number of hydrogen-bond acceptors (Lipinski definition) is 6.